The van der Waals surface area contributed by atoms with Gasteiger partial charge in [0.05, 0.1) is 7.11 Å². The van der Waals surface area contributed by atoms with Crippen LogP contribution in [0, 0.1) is 0 Å². The second-order valence-corrected chi connectivity index (χ2v) is 9.68. The van der Waals surface area contributed by atoms with Crippen molar-refractivity contribution in [3.05, 3.63) is 40.4 Å². The third-order valence-electron chi connectivity index (χ3n) is 5.22. The fourth-order valence-electron chi connectivity index (χ4n) is 3.35. The van der Waals surface area contributed by atoms with Gasteiger partial charge in [0.2, 0.25) is 0 Å². The Labute approximate surface area is 191 Å². The molecule has 2 aliphatic heterocycles. The number of nitrogens with one attached hydrogen (secondary N) is 1. The average molecular weight is 461 g/mol. The minimum absolute atomic E-state index is 0.117. The number of hydrogen-bond acceptors (Lipinski definition) is 10. The highest BCUT2D eigenvalue weighted by molar-refractivity contribution is 8.03. The van der Waals surface area contributed by atoms with E-state index >= 15 is 0 Å². The first-order chi connectivity index (χ1) is 15.0. The van der Waals surface area contributed by atoms with Gasteiger partial charge >= 0.3 is 0 Å². The van der Waals surface area contributed by atoms with Crippen molar-refractivity contribution < 1.29 is 9.47 Å². The van der Waals surface area contributed by atoms with Crippen LogP contribution in [0.3, 0.4) is 0 Å². The molecule has 1 fully saturated rings. The summed E-state index contributed by atoms with van der Waals surface area (Å²) in [4.78, 5) is 12.1. The summed E-state index contributed by atoms with van der Waals surface area (Å²) >= 11 is 3.30. The smallest absolute Gasteiger partial charge is 0.191 e. The molecule has 1 unspecified atom stereocenters. The number of nitrogens with zero attached hydrogens (tertiary/aromatic N) is 3. The highest BCUT2D eigenvalue weighted by atomic mass is 32.2. The van der Waals surface area contributed by atoms with Gasteiger partial charge in [0.1, 0.15) is 23.6 Å². The molecule has 0 bridgehead atoms. The molecule has 31 heavy (non-hydrogen) atoms. The minimum Gasteiger partial charge on any atom is -0.493 e. The number of ether oxygens (including phenoxy) is 2. The molecule has 2 aliphatic rings. The van der Waals surface area contributed by atoms with Crippen LogP contribution >= 0.6 is 23.5 Å². The van der Waals surface area contributed by atoms with E-state index in [1.165, 1.54) is 36.2 Å². The van der Waals surface area contributed by atoms with Gasteiger partial charge in [0.15, 0.2) is 16.7 Å². The Morgan fingerprint density at radius 1 is 1.19 bits per heavy atom. The van der Waals surface area contributed by atoms with Crippen molar-refractivity contribution >= 4 is 35.2 Å². The van der Waals surface area contributed by atoms with E-state index in [9.17, 15) is 0 Å². The number of nitrogen functional groups attached to an aromatic ring is 2. The molecule has 1 atom stereocenters. The van der Waals surface area contributed by atoms with Gasteiger partial charge in [-0.3, -0.25) is 4.90 Å². The quantitative estimate of drug-likeness (QED) is 0.381. The topological polar surface area (TPSA) is 112 Å². The molecule has 1 aromatic heterocycles. The zero-order valence-corrected chi connectivity index (χ0v) is 19.4. The van der Waals surface area contributed by atoms with Crippen LogP contribution in [0.1, 0.15) is 24.3 Å². The van der Waals surface area contributed by atoms with Crippen LogP contribution in [-0.4, -0.2) is 54.0 Å². The molecule has 4 rings (SSSR count). The molecule has 1 saturated heterocycles. The third kappa shape index (κ3) is 5.50. The number of rotatable bonds is 9. The summed E-state index contributed by atoms with van der Waals surface area (Å²) in [6, 6.07) is 7.69. The second-order valence-electron chi connectivity index (χ2n) is 7.42. The lowest BCUT2D eigenvalue weighted by Crippen LogP contribution is -2.39. The molecule has 0 spiro atoms. The summed E-state index contributed by atoms with van der Waals surface area (Å²) in [5.41, 5.74) is 13.8. The normalized spacial score (nSPS) is 18.6. The lowest BCUT2D eigenvalue weighted by Gasteiger charge is -2.30. The Morgan fingerprint density at radius 3 is 2.65 bits per heavy atom. The van der Waals surface area contributed by atoms with Crippen molar-refractivity contribution in [2.75, 3.05) is 50.6 Å². The van der Waals surface area contributed by atoms with Crippen molar-refractivity contribution in [3.8, 4) is 11.5 Å². The summed E-state index contributed by atoms with van der Waals surface area (Å²) in [7, 11) is 1.67. The number of likely N-dealkylation sites (tertiary alicyclic amines) is 1. The van der Waals surface area contributed by atoms with E-state index in [0.29, 0.717) is 29.2 Å². The van der Waals surface area contributed by atoms with Gasteiger partial charge in [0, 0.05) is 29.0 Å². The molecule has 0 radical (unpaired) electrons. The number of allylic oxidation sites excluding steroid dienone is 1. The maximum absolute atomic E-state index is 6.05. The van der Waals surface area contributed by atoms with E-state index in [1.807, 2.05) is 6.07 Å². The number of anilines is 2. The second kappa shape index (κ2) is 9.88. The molecule has 3 heterocycles. The van der Waals surface area contributed by atoms with Crippen LogP contribution in [0.5, 0.6) is 11.5 Å². The number of hydrogen-bond donors (Lipinski definition) is 3. The number of aromatic nitrogens is 2. The molecule has 2 aromatic rings. The Hall–Kier alpha value is -2.30. The molecule has 166 valence electrons. The summed E-state index contributed by atoms with van der Waals surface area (Å²) in [6.45, 7) is 6.07. The summed E-state index contributed by atoms with van der Waals surface area (Å²) in [5.74, 6) is 3.02. The highest BCUT2D eigenvalue weighted by Gasteiger charge is 2.24. The molecule has 10 heteroatoms. The van der Waals surface area contributed by atoms with E-state index < -0.39 is 0 Å². The summed E-state index contributed by atoms with van der Waals surface area (Å²) in [5, 5.41) is 4.31. The molecule has 0 saturated carbocycles. The van der Waals surface area contributed by atoms with E-state index in [1.54, 1.807) is 24.9 Å². The van der Waals surface area contributed by atoms with Gasteiger partial charge in [-0.25, -0.2) is 9.97 Å². The average Bonchev–Trinajstić information content (AvgIpc) is 3.08. The molecule has 0 aliphatic carbocycles. The Bertz CT molecular complexity index is 947. The first-order valence-corrected chi connectivity index (χ1v) is 12.1. The largest absolute Gasteiger partial charge is 0.493 e. The van der Waals surface area contributed by atoms with Gasteiger partial charge in [-0.2, -0.15) is 0 Å². The zero-order valence-electron chi connectivity index (χ0n) is 17.8. The number of methoxy groups -OCH3 is 1. The van der Waals surface area contributed by atoms with Gasteiger partial charge in [-0.05, 0) is 44.1 Å². The predicted molar refractivity (Wildman–Crippen MR) is 127 cm³/mol. The van der Waals surface area contributed by atoms with Crippen molar-refractivity contribution in [3.63, 3.8) is 0 Å². The predicted octanol–water partition coefficient (Wildman–Crippen LogP) is 3.09. The number of thioether (sulfide) groups is 2. The molecule has 0 amide bonds. The van der Waals surface area contributed by atoms with E-state index in [4.69, 9.17) is 20.9 Å². The van der Waals surface area contributed by atoms with Crippen LogP contribution in [-0.2, 0) is 0 Å². The molecular formula is C21H28N6O2S2. The van der Waals surface area contributed by atoms with Crippen LogP contribution in [0.15, 0.2) is 40.0 Å². The highest BCUT2D eigenvalue weighted by Crippen LogP contribution is 2.43. The van der Waals surface area contributed by atoms with Gasteiger partial charge in [-0.1, -0.05) is 29.6 Å². The van der Waals surface area contributed by atoms with E-state index in [-0.39, 0.29) is 5.37 Å². The summed E-state index contributed by atoms with van der Waals surface area (Å²) < 4.78 is 11.6. The first kappa shape index (κ1) is 21.9. The van der Waals surface area contributed by atoms with Crippen LogP contribution in [0.25, 0.3) is 0 Å². The Kier molecular flexibility index (Phi) is 6.99. The number of benzene rings is 1. The lowest BCUT2D eigenvalue weighted by atomic mass is 10.2. The zero-order chi connectivity index (χ0) is 21.8. The monoisotopic (exact) mass is 460 g/mol. The molecule has 1 aromatic carbocycles. The Morgan fingerprint density at radius 2 is 1.97 bits per heavy atom. The molecular weight excluding hydrogens is 432 g/mol. The van der Waals surface area contributed by atoms with Gasteiger partial charge in [-0.15, -0.1) is 0 Å². The lowest BCUT2D eigenvalue weighted by molar-refractivity contribution is 0.145. The maximum atomic E-state index is 6.05. The van der Waals surface area contributed by atoms with Gasteiger partial charge in [0.25, 0.3) is 0 Å². The van der Waals surface area contributed by atoms with Crippen molar-refractivity contribution in [2.24, 2.45) is 0 Å². The SMILES string of the molecule is COc1ccc(C2NC(CSc3nc(N)cc(N)n3)=C(C)S2)cc1OCCN1CCC1. The fraction of sp³-hybridized carbons (Fsp3) is 0.429. The standard InChI is InChI=1S/C21H28N6O2S2/c1-13-15(12-30-21-25-18(22)11-19(23)26-21)24-20(31-13)14-4-5-16(28-2)17(10-14)29-9-8-27-6-3-7-27/h4-5,10-11,20,24H,3,6-9,12H2,1-2H3,(H4,22,23,25,26). The van der Waals surface area contributed by atoms with Crippen LogP contribution in [0.4, 0.5) is 11.6 Å². The van der Waals surface area contributed by atoms with Crippen molar-refractivity contribution in [1.82, 2.24) is 20.2 Å². The van der Waals surface area contributed by atoms with Crippen molar-refractivity contribution in [1.29, 1.82) is 0 Å². The minimum atomic E-state index is 0.117. The van der Waals surface area contributed by atoms with Crippen LogP contribution in [0.2, 0.25) is 0 Å². The van der Waals surface area contributed by atoms with E-state index in [0.717, 1.165) is 29.3 Å². The maximum Gasteiger partial charge on any atom is 0.191 e. The van der Waals surface area contributed by atoms with E-state index in [2.05, 4.69) is 39.2 Å². The van der Waals surface area contributed by atoms with Crippen LogP contribution < -0.4 is 26.3 Å². The first-order valence-electron chi connectivity index (χ1n) is 10.2. The molecule has 5 N–H and O–H groups in total. The fourth-order valence-corrected chi connectivity index (χ4v) is 5.47. The van der Waals surface area contributed by atoms with Crippen molar-refractivity contribution in [2.45, 2.75) is 23.9 Å². The number of nitrogens with two attached hydrogens (primary N) is 2. The molecule has 8 nitrogen and oxygen atoms in total. The van der Waals surface area contributed by atoms with Gasteiger partial charge < -0.3 is 26.3 Å². The summed E-state index contributed by atoms with van der Waals surface area (Å²) in [6.07, 6.45) is 1.29. The Balaban J connectivity index is 1.37. The third-order valence-corrected chi connectivity index (χ3v) is 7.32.